The van der Waals surface area contributed by atoms with E-state index >= 15 is 0 Å². The molecule has 17 heavy (non-hydrogen) atoms. The van der Waals surface area contributed by atoms with Gasteiger partial charge in [0.1, 0.15) is 0 Å². The van der Waals surface area contributed by atoms with Crippen molar-refractivity contribution >= 4 is 11.3 Å². The lowest BCUT2D eigenvalue weighted by Gasteiger charge is -2.21. The molecule has 86 valence electrons. The SMILES string of the molecule is CC1Cc2sc(C3CC3)nc2-c2ccccc21. The molecule has 1 aromatic carbocycles. The molecule has 0 radical (unpaired) electrons. The van der Waals surface area contributed by atoms with Crippen molar-refractivity contribution in [3.8, 4) is 11.3 Å². The Morgan fingerprint density at radius 2 is 2.06 bits per heavy atom. The highest BCUT2D eigenvalue weighted by Crippen LogP contribution is 2.47. The molecule has 0 spiro atoms. The summed E-state index contributed by atoms with van der Waals surface area (Å²) in [5.74, 6) is 1.43. The van der Waals surface area contributed by atoms with Gasteiger partial charge in [-0.2, -0.15) is 0 Å². The van der Waals surface area contributed by atoms with Crippen molar-refractivity contribution in [2.24, 2.45) is 0 Å². The predicted octanol–water partition coefficient (Wildman–Crippen LogP) is 4.35. The van der Waals surface area contributed by atoms with Crippen LogP contribution in [0.2, 0.25) is 0 Å². The Bertz CT molecular complexity index is 580. The van der Waals surface area contributed by atoms with Crippen LogP contribution in [-0.4, -0.2) is 4.98 Å². The maximum atomic E-state index is 4.91. The summed E-state index contributed by atoms with van der Waals surface area (Å²) < 4.78 is 0. The minimum atomic E-state index is 0.645. The lowest BCUT2D eigenvalue weighted by Crippen LogP contribution is -2.06. The fourth-order valence-electron chi connectivity index (χ4n) is 2.75. The Hall–Kier alpha value is -1.15. The van der Waals surface area contributed by atoms with Crippen LogP contribution >= 0.6 is 11.3 Å². The molecule has 1 saturated carbocycles. The molecule has 0 aliphatic heterocycles. The molecule has 2 aliphatic rings. The Labute approximate surface area is 106 Å². The topological polar surface area (TPSA) is 12.9 Å². The number of aromatic nitrogens is 1. The van der Waals surface area contributed by atoms with E-state index in [4.69, 9.17) is 4.98 Å². The maximum absolute atomic E-state index is 4.91. The first-order chi connectivity index (χ1) is 8.33. The van der Waals surface area contributed by atoms with Crippen LogP contribution in [0.25, 0.3) is 11.3 Å². The van der Waals surface area contributed by atoms with Gasteiger partial charge in [0.2, 0.25) is 0 Å². The number of rotatable bonds is 1. The van der Waals surface area contributed by atoms with E-state index in [0.29, 0.717) is 5.92 Å². The van der Waals surface area contributed by atoms with Gasteiger partial charge in [0.05, 0.1) is 10.7 Å². The Morgan fingerprint density at radius 1 is 1.24 bits per heavy atom. The monoisotopic (exact) mass is 241 g/mol. The molecule has 2 aliphatic carbocycles. The molecular formula is C15H15NS. The second-order valence-electron chi connectivity index (χ2n) is 5.29. The van der Waals surface area contributed by atoms with Crippen molar-refractivity contribution in [3.05, 3.63) is 39.7 Å². The van der Waals surface area contributed by atoms with E-state index in [1.165, 1.54) is 46.0 Å². The van der Waals surface area contributed by atoms with Crippen LogP contribution < -0.4 is 0 Å². The molecule has 1 fully saturated rings. The second-order valence-corrected chi connectivity index (χ2v) is 6.41. The third-order valence-electron chi connectivity index (χ3n) is 3.88. The third-order valence-corrected chi connectivity index (χ3v) is 5.12. The number of nitrogens with zero attached hydrogens (tertiary/aromatic N) is 1. The minimum Gasteiger partial charge on any atom is -0.241 e. The second kappa shape index (κ2) is 3.42. The average Bonchev–Trinajstić information content (AvgIpc) is 3.11. The molecular weight excluding hydrogens is 226 g/mol. The molecule has 0 bridgehead atoms. The molecule has 1 aromatic heterocycles. The van der Waals surface area contributed by atoms with Crippen molar-refractivity contribution in [2.45, 2.75) is 38.0 Å². The van der Waals surface area contributed by atoms with Gasteiger partial charge in [-0.1, -0.05) is 31.2 Å². The number of thiazole rings is 1. The fraction of sp³-hybridized carbons (Fsp3) is 0.400. The number of fused-ring (bicyclic) bond motifs is 3. The summed E-state index contributed by atoms with van der Waals surface area (Å²) in [6.07, 6.45) is 3.88. The number of benzene rings is 1. The number of hydrogen-bond acceptors (Lipinski definition) is 2. The van der Waals surface area contributed by atoms with Crippen LogP contribution in [0, 0.1) is 0 Å². The van der Waals surface area contributed by atoms with Gasteiger partial charge >= 0.3 is 0 Å². The minimum absolute atomic E-state index is 0.645. The van der Waals surface area contributed by atoms with Crippen LogP contribution in [0.5, 0.6) is 0 Å². The summed E-state index contributed by atoms with van der Waals surface area (Å²) in [5.41, 5.74) is 4.14. The third kappa shape index (κ3) is 1.47. The highest BCUT2D eigenvalue weighted by atomic mass is 32.1. The van der Waals surface area contributed by atoms with Gasteiger partial charge in [0, 0.05) is 16.4 Å². The number of hydrogen-bond donors (Lipinski definition) is 0. The van der Waals surface area contributed by atoms with E-state index in [-0.39, 0.29) is 0 Å². The maximum Gasteiger partial charge on any atom is 0.0966 e. The largest absolute Gasteiger partial charge is 0.241 e. The standard InChI is InChI=1S/C15H15NS/c1-9-8-13-14(12-5-3-2-4-11(9)12)16-15(17-13)10-6-7-10/h2-5,9-10H,6-8H2,1H3. The zero-order valence-electron chi connectivity index (χ0n) is 9.94. The van der Waals surface area contributed by atoms with Gasteiger partial charge in [-0.3, -0.25) is 0 Å². The Kier molecular flexibility index (Phi) is 1.98. The molecule has 1 atom stereocenters. The van der Waals surface area contributed by atoms with E-state index in [2.05, 4.69) is 31.2 Å². The molecule has 2 aromatic rings. The summed E-state index contributed by atoms with van der Waals surface area (Å²) in [4.78, 5) is 6.42. The molecule has 2 heteroatoms. The molecule has 1 heterocycles. The van der Waals surface area contributed by atoms with Crippen LogP contribution in [0.1, 0.15) is 47.0 Å². The molecule has 1 nitrogen and oxygen atoms in total. The van der Waals surface area contributed by atoms with Crippen LogP contribution in [0.4, 0.5) is 0 Å². The van der Waals surface area contributed by atoms with Crippen LogP contribution in [0.3, 0.4) is 0 Å². The van der Waals surface area contributed by atoms with E-state index < -0.39 is 0 Å². The van der Waals surface area contributed by atoms with E-state index in [1.54, 1.807) is 0 Å². The molecule has 0 amide bonds. The van der Waals surface area contributed by atoms with E-state index in [9.17, 15) is 0 Å². The predicted molar refractivity (Wildman–Crippen MR) is 71.6 cm³/mol. The molecule has 0 saturated heterocycles. The zero-order chi connectivity index (χ0) is 11.4. The lowest BCUT2D eigenvalue weighted by atomic mass is 9.86. The normalized spacial score (nSPS) is 22.1. The van der Waals surface area contributed by atoms with Gasteiger partial charge in [0.25, 0.3) is 0 Å². The summed E-state index contributed by atoms with van der Waals surface area (Å²) in [6.45, 7) is 2.33. The van der Waals surface area contributed by atoms with Gasteiger partial charge in [0.15, 0.2) is 0 Å². The first-order valence-electron chi connectivity index (χ1n) is 6.42. The highest BCUT2D eigenvalue weighted by Gasteiger charge is 2.31. The first-order valence-corrected chi connectivity index (χ1v) is 7.23. The highest BCUT2D eigenvalue weighted by molar-refractivity contribution is 7.12. The van der Waals surface area contributed by atoms with Gasteiger partial charge < -0.3 is 0 Å². The van der Waals surface area contributed by atoms with Gasteiger partial charge in [-0.25, -0.2) is 4.98 Å². The summed E-state index contributed by atoms with van der Waals surface area (Å²) in [7, 11) is 0. The van der Waals surface area contributed by atoms with Crippen molar-refractivity contribution < 1.29 is 0 Å². The van der Waals surface area contributed by atoms with E-state index in [0.717, 1.165) is 5.92 Å². The summed E-state index contributed by atoms with van der Waals surface area (Å²) in [6, 6.07) is 8.78. The van der Waals surface area contributed by atoms with Gasteiger partial charge in [-0.05, 0) is 30.7 Å². The average molecular weight is 241 g/mol. The van der Waals surface area contributed by atoms with Gasteiger partial charge in [-0.15, -0.1) is 11.3 Å². The van der Waals surface area contributed by atoms with Crippen molar-refractivity contribution in [2.75, 3.05) is 0 Å². The molecule has 1 unspecified atom stereocenters. The Morgan fingerprint density at radius 3 is 2.88 bits per heavy atom. The smallest absolute Gasteiger partial charge is 0.0966 e. The quantitative estimate of drug-likeness (QED) is 0.723. The van der Waals surface area contributed by atoms with Crippen LogP contribution in [-0.2, 0) is 6.42 Å². The zero-order valence-corrected chi connectivity index (χ0v) is 10.8. The summed E-state index contributed by atoms with van der Waals surface area (Å²) >= 11 is 1.96. The van der Waals surface area contributed by atoms with Crippen molar-refractivity contribution in [1.82, 2.24) is 4.98 Å². The van der Waals surface area contributed by atoms with E-state index in [1.807, 2.05) is 11.3 Å². The lowest BCUT2D eigenvalue weighted by molar-refractivity contribution is 0.756. The summed E-state index contributed by atoms with van der Waals surface area (Å²) in [5, 5.41) is 1.39. The Balaban J connectivity index is 1.91. The van der Waals surface area contributed by atoms with Crippen LogP contribution in [0.15, 0.2) is 24.3 Å². The molecule has 0 N–H and O–H groups in total. The van der Waals surface area contributed by atoms with Crippen molar-refractivity contribution in [1.29, 1.82) is 0 Å². The van der Waals surface area contributed by atoms with Crippen molar-refractivity contribution in [3.63, 3.8) is 0 Å². The molecule has 4 rings (SSSR count). The first kappa shape index (κ1) is 9.84. The fourth-order valence-corrected chi connectivity index (χ4v) is 4.13.